The van der Waals surface area contributed by atoms with Gasteiger partial charge < -0.3 is 14.4 Å². The van der Waals surface area contributed by atoms with Crippen LogP contribution in [-0.4, -0.2) is 41.2 Å². The zero-order valence-electron chi connectivity index (χ0n) is 54.1. The summed E-state index contributed by atoms with van der Waals surface area (Å²) in [5, 5.41) is 2.23. The van der Waals surface area contributed by atoms with Gasteiger partial charge in [0.2, 0.25) is 0 Å². The molecule has 0 amide bonds. The first-order chi connectivity index (χ1) is 49.6. The number of para-hydroxylation sites is 3. The summed E-state index contributed by atoms with van der Waals surface area (Å²) < 4.78 is 2.37. The third-order valence-electron chi connectivity index (χ3n) is 19.5. The Balaban J connectivity index is 0.775. The number of hydrogen-bond donors (Lipinski definition) is 0. The van der Waals surface area contributed by atoms with Crippen LogP contribution in [0, 0.1) is 0 Å². The highest BCUT2D eigenvalue weighted by atomic mass is 15.2. The highest BCUT2D eigenvalue weighted by Gasteiger charge is 2.43. The molecule has 0 atom stereocenters. The van der Waals surface area contributed by atoms with Gasteiger partial charge in [0, 0.05) is 78.3 Å². The van der Waals surface area contributed by atoms with Gasteiger partial charge in [-0.05, 0) is 147 Å². The molecule has 0 N–H and O–H groups in total. The Morgan fingerprint density at radius 3 is 1.03 bits per heavy atom. The molecule has 9 nitrogen and oxygen atoms in total. The maximum absolute atomic E-state index is 5.62. The normalized spacial score (nSPS) is 12.1. The number of anilines is 6. The lowest BCUT2D eigenvalue weighted by Crippen LogP contribution is -2.61. The van der Waals surface area contributed by atoms with Crippen LogP contribution in [0.5, 0.6) is 0 Å². The molecule has 0 unspecified atom stereocenters. The summed E-state index contributed by atoms with van der Waals surface area (Å²) in [5.41, 5.74) is 25.3. The molecule has 100 heavy (non-hydrogen) atoms. The molecule has 0 radical (unpaired) electrons. The van der Waals surface area contributed by atoms with E-state index in [4.69, 9.17) is 29.9 Å². The number of benzene rings is 14. The van der Waals surface area contributed by atoms with Gasteiger partial charge in [-0.3, -0.25) is 0 Å². The quantitative estimate of drug-likeness (QED) is 0.112. The predicted octanol–water partition coefficient (Wildman–Crippen LogP) is 20.2. The van der Waals surface area contributed by atoms with E-state index in [1.54, 1.807) is 0 Å². The molecule has 10 heteroatoms. The molecule has 0 saturated heterocycles. The van der Waals surface area contributed by atoms with E-state index >= 15 is 0 Å². The molecule has 2 aliphatic heterocycles. The highest BCUT2D eigenvalue weighted by Crippen LogP contribution is 2.46. The van der Waals surface area contributed by atoms with Crippen LogP contribution in [-0.2, 0) is 0 Å². The molecule has 17 aromatic rings. The molecular formula is C90H58BN9. The number of rotatable bonds is 12. The summed E-state index contributed by atoms with van der Waals surface area (Å²) in [6, 6.07) is 125. The molecule has 0 saturated carbocycles. The molecule has 0 bridgehead atoms. The smallest absolute Gasteiger partial charge is 0.252 e. The molecule has 0 aliphatic carbocycles. The fourth-order valence-electron chi connectivity index (χ4n) is 14.8. The molecule has 3 aromatic heterocycles. The first-order valence-corrected chi connectivity index (χ1v) is 33.8. The van der Waals surface area contributed by atoms with Crippen LogP contribution >= 0.6 is 0 Å². The van der Waals surface area contributed by atoms with E-state index in [0.717, 1.165) is 117 Å². The maximum atomic E-state index is 5.62. The Labute approximate surface area is 579 Å². The van der Waals surface area contributed by atoms with E-state index < -0.39 is 0 Å². The number of nitrogens with zero attached hydrogens (tertiary/aromatic N) is 9. The van der Waals surface area contributed by atoms with Gasteiger partial charge in [0.25, 0.3) is 6.71 Å². The molecular weight excluding hydrogens is 1220 g/mol. The zero-order chi connectivity index (χ0) is 66.0. The SMILES string of the molecule is c1ccc(-c2ccc3c(c2)c2cc(-c4ccccc4)ccc2n3-c2ccc(-c3nc(-c4ccccc4)nc(-c4ccccc4)n3)cc2-c2nc(-c3ccccc3)nc(-c3cccc(-c4ccc(N5c6ccccc6B6c7ccccc7N(c7ccccc7)c7cccc5c76)cc4)c3)n2)cc1. The molecule has 5 heterocycles. The lowest BCUT2D eigenvalue weighted by Gasteiger charge is -2.44. The van der Waals surface area contributed by atoms with Crippen molar-refractivity contribution in [3.63, 3.8) is 0 Å². The van der Waals surface area contributed by atoms with Crippen molar-refractivity contribution < 1.29 is 0 Å². The molecule has 0 fully saturated rings. The van der Waals surface area contributed by atoms with Crippen molar-refractivity contribution in [1.82, 2.24) is 34.5 Å². The van der Waals surface area contributed by atoms with Crippen molar-refractivity contribution in [3.8, 4) is 107 Å². The minimum Gasteiger partial charge on any atom is -0.311 e. The van der Waals surface area contributed by atoms with Gasteiger partial charge in [-0.1, -0.05) is 255 Å². The number of fused-ring (bicyclic) bond motifs is 7. The molecule has 19 rings (SSSR count). The summed E-state index contributed by atoms with van der Waals surface area (Å²) in [5.74, 6) is 3.19. The maximum Gasteiger partial charge on any atom is 0.252 e. The zero-order valence-corrected chi connectivity index (χ0v) is 54.1. The molecule has 2 aliphatic rings. The number of hydrogen-bond acceptors (Lipinski definition) is 8. The van der Waals surface area contributed by atoms with Crippen LogP contribution in [0.3, 0.4) is 0 Å². The topological polar surface area (TPSA) is 88.7 Å². The first-order valence-electron chi connectivity index (χ1n) is 33.8. The Bertz CT molecular complexity index is 5820. The summed E-state index contributed by atoms with van der Waals surface area (Å²) in [4.78, 5) is 37.0. The van der Waals surface area contributed by atoms with Crippen molar-refractivity contribution in [2.24, 2.45) is 0 Å². The van der Waals surface area contributed by atoms with Crippen LogP contribution in [0.1, 0.15) is 0 Å². The van der Waals surface area contributed by atoms with Gasteiger partial charge >= 0.3 is 0 Å². The molecule has 14 aromatic carbocycles. The van der Waals surface area contributed by atoms with E-state index in [0.29, 0.717) is 34.9 Å². The van der Waals surface area contributed by atoms with Crippen molar-refractivity contribution in [2.45, 2.75) is 0 Å². The lowest BCUT2D eigenvalue weighted by atomic mass is 9.33. The van der Waals surface area contributed by atoms with E-state index in [1.165, 1.54) is 27.8 Å². The van der Waals surface area contributed by atoms with Crippen molar-refractivity contribution in [2.75, 3.05) is 9.80 Å². The first kappa shape index (κ1) is 58.0. The van der Waals surface area contributed by atoms with Gasteiger partial charge in [-0.15, -0.1) is 0 Å². The second-order valence-corrected chi connectivity index (χ2v) is 25.4. The fourth-order valence-corrected chi connectivity index (χ4v) is 14.8. The third-order valence-corrected chi connectivity index (χ3v) is 19.5. The lowest BCUT2D eigenvalue weighted by molar-refractivity contribution is 1.06. The average Bonchev–Trinajstić information content (AvgIpc) is 0.841. The van der Waals surface area contributed by atoms with Crippen molar-refractivity contribution in [1.29, 1.82) is 0 Å². The molecule has 466 valence electrons. The Hall–Kier alpha value is -13.4. The Morgan fingerprint density at radius 2 is 0.540 bits per heavy atom. The summed E-state index contributed by atoms with van der Waals surface area (Å²) in [6.07, 6.45) is 0. The Kier molecular flexibility index (Phi) is 14.1. The van der Waals surface area contributed by atoms with Crippen LogP contribution in [0.25, 0.3) is 129 Å². The van der Waals surface area contributed by atoms with E-state index in [1.807, 2.05) is 78.9 Å². The molecule has 0 spiro atoms. The van der Waals surface area contributed by atoms with Crippen LogP contribution in [0.15, 0.2) is 352 Å². The fraction of sp³-hybridized carbons (Fsp3) is 0. The van der Waals surface area contributed by atoms with Gasteiger partial charge in [0.15, 0.2) is 34.9 Å². The summed E-state index contributed by atoms with van der Waals surface area (Å²) >= 11 is 0. The van der Waals surface area contributed by atoms with Gasteiger partial charge in [-0.25, -0.2) is 29.9 Å². The standard InChI is InChI=1S/C90H58BN9/c1-7-25-59(26-8-1)66-47-52-77-72(56-66)73-57-67(60-27-9-2-10-28-60)48-53-78(73)100(77)79-54-49-69(89-93-85(62-29-11-3-12-30-62)92-86(94-89)63-31-13-4-14-32-63)58-74(79)90-96-87(64-33-15-5-16-34-64)95-88(97-90)68-36-23-35-65(55-68)61-45-50-71(51-46-61)99-81-42-22-20-40-76(81)91-75-39-19-21-41-80(75)98(70-37-17-6-18-38-70)82-43-24-44-83(99)84(82)91/h1-58H. The largest absolute Gasteiger partial charge is 0.311 e. The van der Waals surface area contributed by atoms with Crippen molar-refractivity contribution >= 4 is 79.0 Å². The minimum absolute atomic E-state index is 0.0541. The van der Waals surface area contributed by atoms with E-state index in [-0.39, 0.29) is 6.71 Å². The van der Waals surface area contributed by atoms with Gasteiger partial charge in [-0.2, -0.15) is 0 Å². The second-order valence-electron chi connectivity index (χ2n) is 25.4. The second kappa shape index (κ2) is 24.3. The number of aromatic nitrogens is 7. The van der Waals surface area contributed by atoms with E-state index in [9.17, 15) is 0 Å². The van der Waals surface area contributed by atoms with Gasteiger partial charge in [0.05, 0.1) is 16.7 Å². The predicted molar refractivity (Wildman–Crippen MR) is 410 cm³/mol. The van der Waals surface area contributed by atoms with Crippen LogP contribution in [0.2, 0.25) is 0 Å². The van der Waals surface area contributed by atoms with Crippen LogP contribution in [0.4, 0.5) is 34.1 Å². The Morgan fingerprint density at radius 1 is 0.210 bits per heavy atom. The summed E-state index contributed by atoms with van der Waals surface area (Å²) in [7, 11) is 0. The van der Waals surface area contributed by atoms with Crippen LogP contribution < -0.4 is 26.2 Å². The van der Waals surface area contributed by atoms with Gasteiger partial charge in [0.1, 0.15) is 0 Å². The highest BCUT2D eigenvalue weighted by molar-refractivity contribution is 7.00. The van der Waals surface area contributed by atoms with Crippen molar-refractivity contribution in [3.05, 3.63) is 352 Å². The van der Waals surface area contributed by atoms with E-state index in [2.05, 4.69) is 287 Å². The average molecular weight is 1280 g/mol. The summed E-state index contributed by atoms with van der Waals surface area (Å²) in [6.45, 7) is 0.0541. The third kappa shape index (κ3) is 10.1. The minimum atomic E-state index is 0.0541. The monoisotopic (exact) mass is 1280 g/mol.